The molecule has 0 unspecified atom stereocenters. The molecular weight excluding hydrogens is 314 g/mol. The number of rotatable bonds is 2. The summed E-state index contributed by atoms with van der Waals surface area (Å²) in [6.45, 7) is 0. The molecule has 3 nitrogen and oxygen atoms in total. The van der Waals surface area contributed by atoms with E-state index in [1.165, 1.54) is 0 Å². The number of hydrogen-bond acceptors (Lipinski definition) is 3. The highest BCUT2D eigenvalue weighted by atomic mass is 79.9. The van der Waals surface area contributed by atoms with Gasteiger partial charge >= 0.3 is 0 Å². The normalized spacial score (nSPS) is 18.8. The topological polar surface area (TPSA) is 37.4 Å². The van der Waals surface area contributed by atoms with Crippen LogP contribution in [0.1, 0.15) is 12.0 Å². The van der Waals surface area contributed by atoms with Crippen molar-refractivity contribution < 1.29 is 8.42 Å². The van der Waals surface area contributed by atoms with Crippen molar-refractivity contribution in [3.63, 3.8) is 0 Å². The molecule has 1 aromatic rings. The van der Waals surface area contributed by atoms with Crippen LogP contribution >= 0.6 is 15.9 Å². The minimum atomic E-state index is -2.96. The van der Waals surface area contributed by atoms with E-state index in [9.17, 15) is 8.42 Å². The Morgan fingerprint density at radius 2 is 2.00 bits per heavy atom. The molecule has 0 radical (unpaired) electrons. The van der Waals surface area contributed by atoms with E-state index in [0.717, 1.165) is 21.3 Å². The number of sulfone groups is 1. The quantitative estimate of drug-likeness (QED) is 0.836. The standard InChI is InChI=1S/C13H16BrNO2S/c1-15(2)13-6-7-18(16,17)9-12(13)10-4-3-5-11(14)8-10/h3-5,8H,6-7,9H2,1-2H3. The maximum absolute atomic E-state index is 11.8. The van der Waals surface area contributed by atoms with Gasteiger partial charge in [-0.15, -0.1) is 0 Å². The van der Waals surface area contributed by atoms with Crippen molar-refractivity contribution in [1.82, 2.24) is 4.90 Å². The number of benzene rings is 1. The minimum Gasteiger partial charge on any atom is -0.381 e. The first-order valence-corrected chi connectivity index (χ1v) is 8.36. The Labute approximate surface area is 117 Å². The van der Waals surface area contributed by atoms with Crippen molar-refractivity contribution in [2.75, 3.05) is 25.6 Å². The summed E-state index contributed by atoms with van der Waals surface area (Å²) in [6.07, 6.45) is 0.594. The molecule has 1 aliphatic heterocycles. The Morgan fingerprint density at radius 1 is 1.28 bits per heavy atom. The van der Waals surface area contributed by atoms with Crippen LogP contribution < -0.4 is 0 Å². The zero-order chi connectivity index (χ0) is 13.3. The zero-order valence-electron chi connectivity index (χ0n) is 10.5. The Bertz CT molecular complexity index is 591. The van der Waals surface area contributed by atoms with E-state index in [1.54, 1.807) is 0 Å². The van der Waals surface area contributed by atoms with Crippen molar-refractivity contribution in [1.29, 1.82) is 0 Å². The summed E-state index contributed by atoms with van der Waals surface area (Å²) in [6, 6.07) is 7.81. The lowest BCUT2D eigenvalue weighted by Gasteiger charge is -2.26. The third-order valence-corrected chi connectivity index (χ3v) is 5.12. The molecule has 0 saturated carbocycles. The van der Waals surface area contributed by atoms with Gasteiger partial charge in [-0.05, 0) is 23.3 Å². The highest BCUT2D eigenvalue weighted by molar-refractivity contribution is 9.10. The Hall–Kier alpha value is -0.810. The third-order valence-electron chi connectivity index (χ3n) is 3.08. The second kappa shape index (κ2) is 5.05. The molecule has 0 aromatic heterocycles. The van der Waals surface area contributed by atoms with Crippen molar-refractivity contribution in [2.45, 2.75) is 6.42 Å². The average molecular weight is 330 g/mol. The predicted molar refractivity (Wildman–Crippen MR) is 78.0 cm³/mol. The van der Waals surface area contributed by atoms with Crippen molar-refractivity contribution in [2.24, 2.45) is 0 Å². The van der Waals surface area contributed by atoms with Crippen LogP contribution in [0, 0.1) is 0 Å². The van der Waals surface area contributed by atoms with E-state index in [-0.39, 0.29) is 11.5 Å². The molecule has 0 aliphatic carbocycles. The molecular formula is C13H16BrNO2S. The third kappa shape index (κ3) is 2.95. The molecule has 0 spiro atoms. The highest BCUT2D eigenvalue weighted by Crippen LogP contribution is 2.30. The number of allylic oxidation sites excluding steroid dienone is 1. The van der Waals surface area contributed by atoms with E-state index in [0.29, 0.717) is 6.42 Å². The molecule has 0 N–H and O–H groups in total. The summed E-state index contributed by atoms with van der Waals surface area (Å²) in [5, 5.41) is 0. The summed E-state index contributed by atoms with van der Waals surface area (Å²) in [5.74, 6) is 0.384. The monoisotopic (exact) mass is 329 g/mol. The second-order valence-corrected chi connectivity index (χ2v) is 7.77. The van der Waals surface area contributed by atoms with Gasteiger partial charge in [-0.2, -0.15) is 0 Å². The lowest BCUT2D eigenvalue weighted by molar-refractivity contribution is 0.491. The van der Waals surface area contributed by atoms with E-state index >= 15 is 0 Å². The van der Waals surface area contributed by atoms with E-state index in [2.05, 4.69) is 15.9 Å². The summed E-state index contributed by atoms with van der Waals surface area (Å²) in [4.78, 5) is 2.02. The first-order chi connectivity index (χ1) is 8.39. The molecule has 0 atom stereocenters. The molecule has 2 rings (SSSR count). The fourth-order valence-electron chi connectivity index (χ4n) is 2.20. The summed E-state index contributed by atoms with van der Waals surface area (Å²) >= 11 is 3.43. The van der Waals surface area contributed by atoms with Crippen LogP contribution in [0.25, 0.3) is 5.57 Å². The van der Waals surface area contributed by atoms with Crippen LogP contribution in [0.4, 0.5) is 0 Å². The Morgan fingerprint density at radius 3 is 2.61 bits per heavy atom. The molecule has 1 heterocycles. The first kappa shape index (κ1) is 13.6. The molecule has 0 amide bonds. The number of halogens is 1. The van der Waals surface area contributed by atoms with Crippen LogP contribution in [0.3, 0.4) is 0 Å². The van der Waals surface area contributed by atoms with Gasteiger partial charge < -0.3 is 4.90 Å². The molecule has 5 heteroatoms. The van der Waals surface area contributed by atoms with Gasteiger partial charge in [0.05, 0.1) is 11.5 Å². The predicted octanol–water partition coefficient (Wildman–Crippen LogP) is 2.54. The van der Waals surface area contributed by atoms with E-state index in [1.807, 2.05) is 43.3 Å². The SMILES string of the molecule is CN(C)C1=C(c2cccc(Br)c2)CS(=O)(=O)CC1. The van der Waals surface area contributed by atoms with Gasteiger partial charge in [-0.3, -0.25) is 0 Å². The molecule has 98 valence electrons. The van der Waals surface area contributed by atoms with Crippen molar-refractivity contribution >= 4 is 31.3 Å². The van der Waals surface area contributed by atoms with Gasteiger partial charge in [0.25, 0.3) is 0 Å². The average Bonchev–Trinajstić information content (AvgIpc) is 2.27. The summed E-state index contributed by atoms with van der Waals surface area (Å²) < 4.78 is 24.6. The number of nitrogens with zero attached hydrogens (tertiary/aromatic N) is 1. The Kier molecular flexibility index (Phi) is 3.82. The van der Waals surface area contributed by atoms with Gasteiger partial charge in [0.15, 0.2) is 9.84 Å². The minimum absolute atomic E-state index is 0.136. The molecule has 18 heavy (non-hydrogen) atoms. The molecule has 0 bridgehead atoms. The van der Waals surface area contributed by atoms with Gasteiger partial charge in [-0.1, -0.05) is 28.1 Å². The molecule has 1 aliphatic rings. The van der Waals surface area contributed by atoms with Gasteiger partial charge in [0.1, 0.15) is 0 Å². The maximum atomic E-state index is 11.8. The molecule has 1 aromatic carbocycles. The Balaban J connectivity index is 2.54. The summed E-state index contributed by atoms with van der Waals surface area (Å²) in [5.41, 5.74) is 3.02. The molecule has 0 saturated heterocycles. The maximum Gasteiger partial charge on any atom is 0.154 e. The highest BCUT2D eigenvalue weighted by Gasteiger charge is 2.25. The summed E-state index contributed by atoms with van der Waals surface area (Å²) in [7, 11) is 0.968. The van der Waals surface area contributed by atoms with E-state index in [4.69, 9.17) is 0 Å². The smallest absolute Gasteiger partial charge is 0.154 e. The second-order valence-electron chi connectivity index (χ2n) is 4.67. The fourth-order valence-corrected chi connectivity index (χ4v) is 4.02. The van der Waals surface area contributed by atoms with E-state index < -0.39 is 9.84 Å². The van der Waals surface area contributed by atoms with Gasteiger partial charge in [0, 0.05) is 30.7 Å². The lowest BCUT2D eigenvalue weighted by atomic mass is 10.0. The van der Waals surface area contributed by atoms with Crippen LogP contribution in [-0.2, 0) is 9.84 Å². The van der Waals surface area contributed by atoms with Crippen LogP contribution in [0.15, 0.2) is 34.4 Å². The van der Waals surface area contributed by atoms with Crippen molar-refractivity contribution in [3.05, 3.63) is 40.0 Å². The first-order valence-electron chi connectivity index (χ1n) is 5.75. The van der Waals surface area contributed by atoms with Crippen LogP contribution in [-0.4, -0.2) is 38.9 Å². The number of hydrogen-bond donors (Lipinski definition) is 0. The fraction of sp³-hybridized carbons (Fsp3) is 0.385. The van der Waals surface area contributed by atoms with Gasteiger partial charge in [0.2, 0.25) is 0 Å². The lowest BCUT2D eigenvalue weighted by Crippen LogP contribution is -2.26. The molecule has 0 fully saturated rings. The van der Waals surface area contributed by atoms with Crippen LogP contribution in [0.5, 0.6) is 0 Å². The zero-order valence-corrected chi connectivity index (χ0v) is 12.9. The van der Waals surface area contributed by atoms with Crippen LogP contribution in [0.2, 0.25) is 0 Å². The largest absolute Gasteiger partial charge is 0.381 e. The van der Waals surface area contributed by atoms with Crippen molar-refractivity contribution in [3.8, 4) is 0 Å². The van der Waals surface area contributed by atoms with Gasteiger partial charge in [-0.25, -0.2) is 8.42 Å².